The molecule has 1 amide bonds. The molecule has 1 aromatic heterocycles. The first kappa shape index (κ1) is 13.1. The van der Waals surface area contributed by atoms with Crippen LogP contribution in [0.4, 0.5) is 0 Å². The van der Waals surface area contributed by atoms with E-state index in [-0.39, 0.29) is 12.3 Å². The molecular formula is C13H15N3O3. The lowest BCUT2D eigenvalue weighted by molar-refractivity contribution is -0.120. The van der Waals surface area contributed by atoms with E-state index in [2.05, 4.69) is 15.5 Å². The summed E-state index contributed by atoms with van der Waals surface area (Å²) in [6.07, 6.45) is 0.104. The fourth-order valence-electron chi connectivity index (χ4n) is 1.66. The van der Waals surface area contributed by atoms with Crippen molar-refractivity contribution >= 4 is 5.91 Å². The fraction of sp³-hybridized carbons (Fsp3) is 0.308. The van der Waals surface area contributed by atoms with E-state index in [1.54, 1.807) is 14.0 Å². The van der Waals surface area contributed by atoms with Crippen LogP contribution >= 0.6 is 0 Å². The summed E-state index contributed by atoms with van der Waals surface area (Å²) in [4.78, 5) is 15.7. The number of hydrogen-bond donors (Lipinski definition) is 1. The second-order valence-corrected chi connectivity index (χ2v) is 3.99. The lowest BCUT2D eigenvalue weighted by Crippen LogP contribution is -2.25. The molecule has 0 aliphatic heterocycles. The first-order valence-electron chi connectivity index (χ1n) is 5.87. The molecule has 0 spiro atoms. The van der Waals surface area contributed by atoms with Crippen molar-refractivity contribution < 1.29 is 14.1 Å². The largest absolute Gasteiger partial charge is 0.496 e. The van der Waals surface area contributed by atoms with Gasteiger partial charge in [0.05, 0.1) is 13.5 Å². The predicted octanol–water partition coefficient (Wildman–Crippen LogP) is 1.25. The smallest absolute Gasteiger partial charge is 0.228 e. The van der Waals surface area contributed by atoms with Crippen molar-refractivity contribution in [1.82, 2.24) is 15.5 Å². The van der Waals surface area contributed by atoms with E-state index in [0.29, 0.717) is 18.3 Å². The Morgan fingerprint density at radius 1 is 1.42 bits per heavy atom. The Labute approximate surface area is 110 Å². The molecule has 1 heterocycles. The molecule has 2 rings (SSSR count). The minimum atomic E-state index is -0.160. The van der Waals surface area contributed by atoms with Gasteiger partial charge in [-0.15, -0.1) is 0 Å². The van der Waals surface area contributed by atoms with E-state index in [0.717, 1.165) is 11.3 Å². The van der Waals surface area contributed by atoms with Gasteiger partial charge in [-0.2, -0.15) is 4.98 Å². The number of benzene rings is 1. The van der Waals surface area contributed by atoms with Gasteiger partial charge in [-0.05, 0) is 6.07 Å². The number of nitrogens with zero attached hydrogens (tertiary/aromatic N) is 2. The summed E-state index contributed by atoms with van der Waals surface area (Å²) >= 11 is 0. The Morgan fingerprint density at radius 3 is 2.89 bits per heavy atom. The Kier molecular flexibility index (Phi) is 4.12. The molecule has 1 N–H and O–H groups in total. The highest BCUT2D eigenvalue weighted by molar-refractivity contribution is 5.77. The van der Waals surface area contributed by atoms with Crippen LogP contribution in [0.15, 0.2) is 28.8 Å². The maximum atomic E-state index is 11.7. The number of aromatic nitrogens is 2. The zero-order chi connectivity index (χ0) is 13.7. The highest BCUT2D eigenvalue weighted by atomic mass is 16.5. The van der Waals surface area contributed by atoms with Crippen molar-refractivity contribution in [2.45, 2.75) is 19.9 Å². The van der Waals surface area contributed by atoms with Crippen molar-refractivity contribution in [1.29, 1.82) is 0 Å². The number of methoxy groups -OCH3 is 1. The van der Waals surface area contributed by atoms with Crippen LogP contribution in [0.25, 0.3) is 0 Å². The number of carbonyl (C=O) groups is 1. The lowest BCUT2D eigenvalue weighted by Gasteiger charge is -2.08. The van der Waals surface area contributed by atoms with Gasteiger partial charge in [0, 0.05) is 19.0 Å². The molecule has 0 aliphatic carbocycles. The van der Waals surface area contributed by atoms with Crippen LogP contribution in [-0.2, 0) is 17.8 Å². The molecule has 0 fully saturated rings. The molecule has 0 saturated carbocycles. The minimum Gasteiger partial charge on any atom is -0.496 e. The molecule has 100 valence electrons. The summed E-state index contributed by atoms with van der Waals surface area (Å²) in [5, 5.41) is 6.46. The third kappa shape index (κ3) is 3.54. The minimum absolute atomic E-state index is 0.104. The molecule has 6 nitrogen and oxygen atoms in total. The van der Waals surface area contributed by atoms with E-state index in [9.17, 15) is 4.79 Å². The number of para-hydroxylation sites is 1. The highest BCUT2D eigenvalue weighted by Crippen LogP contribution is 2.16. The van der Waals surface area contributed by atoms with Crippen LogP contribution in [0, 0.1) is 6.92 Å². The third-order valence-corrected chi connectivity index (χ3v) is 2.56. The monoisotopic (exact) mass is 261 g/mol. The molecule has 0 atom stereocenters. The maximum Gasteiger partial charge on any atom is 0.228 e. The maximum absolute atomic E-state index is 11.7. The number of aryl methyl sites for hydroxylation is 1. The van der Waals surface area contributed by atoms with Gasteiger partial charge in [0.2, 0.25) is 11.8 Å². The van der Waals surface area contributed by atoms with Crippen LogP contribution in [-0.4, -0.2) is 23.2 Å². The average molecular weight is 261 g/mol. The van der Waals surface area contributed by atoms with Crippen LogP contribution in [0.3, 0.4) is 0 Å². The van der Waals surface area contributed by atoms with Gasteiger partial charge >= 0.3 is 0 Å². The van der Waals surface area contributed by atoms with Crippen LogP contribution in [0.1, 0.15) is 17.3 Å². The summed E-state index contributed by atoms with van der Waals surface area (Å²) < 4.78 is 10.0. The third-order valence-electron chi connectivity index (χ3n) is 2.56. The SMILES string of the molecule is COc1ccccc1CNC(=O)Cc1noc(C)n1. The molecule has 6 heteroatoms. The quantitative estimate of drug-likeness (QED) is 0.876. The lowest BCUT2D eigenvalue weighted by atomic mass is 10.2. The summed E-state index contributed by atoms with van der Waals surface area (Å²) in [5.41, 5.74) is 0.919. The first-order chi connectivity index (χ1) is 9.19. The Morgan fingerprint density at radius 2 is 2.21 bits per heavy atom. The number of ether oxygens (including phenoxy) is 1. The van der Waals surface area contributed by atoms with Gasteiger partial charge in [0.1, 0.15) is 5.75 Å². The van der Waals surface area contributed by atoms with Gasteiger partial charge < -0.3 is 14.6 Å². The van der Waals surface area contributed by atoms with E-state index < -0.39 is 0 Å². The zero-order valence-corrected chi connectivity index (χ0v) is 10.8. The molecule has 1 aromatic carbocycles. The Balaban J connectivity index is 1.89. The summed E-state index contributed by atoms with van der Waals surface area (Å²) in [6.45, 7) is 2.09. The van der Waals surface area contributed by atoms with Crippen molar-refractivity contribution in [3.05, 3.63) is 41.5 Å². The summed E-state index contributed by atoms with van der Waals surface area (Å²) in [5.74, 6) is 1.42. The molecular weight excluding hydrogens is 246 g/mol. The van der Waals surface area contributed by atoms with E-state index in [4.69, 9.17) is 9.26 Å². The van der Waals surface area contributed by atoms with Crippen molar-refractivity contribution in [2.75, 3.05) is 7.11 Å². The second kappa shape index (κ2) is 5.99. The van der Waals surface area contributed by atoms with Crippen LogP contribution in [0.2, 0.25) is 0 Å². The van der Waals surface area contributed by atoms with Gasteiger partial charge in [-0.3, -0.25) is 4.79 Å². The second-order valence-electron chi connectivity index (χ2n) is 3.99. The van der Waals surface area contributed by atoms with E-state index >= 15 is 0 Å². The normalized spacial score (nSPS) is 10.2. The van der Waals surface area contributed by atoms with E-state index in [1.165, 1.54) is 0 Å². The van der Waals surface area contributed by atoms with Gasteiger partial charge in [-0.1, -0.05) is 23.4 Å². The molecule has 0 saturated heterocycles. The Bertz CT molecular complexity index is 566. The van der Waals surface area contributed by atoms with Crippen LogP contribution in [0.5, 0.6) is 5.75 Å². The van der Waals surface area contributed by atoms with E-state index in [1.807, 2.05) is 24.3 Å². The summed E-state index contributed by atoms with van der Waals surface area (Å²) in [6, 6.07) is 7.53. The number of amides is 1. The molecule has 2 aromatic rings. The predicted molar refractivity (Wildman–Crippen MR) is 67.6 cm³/mol. The summed E-state index contributed by atoms with van der Waals surface area (Å²) in [7, 11) is 1.60. The van der Waals surface area contributed by atoms with Crippen molar-refractivity contribution in [3.63, 3.8) is 0 Å². The van der Waals surface area contributed by atoms with Gasteiger partial charge in [0.15, 0.2) is 5.82 Å². The fourth-order valence-corrected chi connectivity index (χ4v) is 1.66. The standard InChI is InChI=1S/C13H15N3O3/c1-9-15-12(16-19-9)7-13(17)14-8-10-5-3-4-6-11(10)18-2/h3-6H,7-8H2,1-2H3,(H,14,17). The number of carbonyl (C=O) groups excluding carboxylic acids is 1. The number of rotatable bonds is 5. The van der Waals surface area contributed by atoms with Crippen molar-refractivity contribution in [3.8, 4) is 5.75 Å². The highest BCUT2D eigenvalue weighted by Gasteiger charge is 2.09. The Hall–Kier alpha value is -2.37. The first-order valence-corrected chi connectivity index (χ1v) is 5.87. The van der Waals surface area contributed by atoms with Crippen LogP contribution < -0.4 is 10.1 Å². The van der Waals surface area contributed by atoms with Crippen molar-refractivity contribution in [2.24, 2.45) is 0 Å². The molecule has 0 bridgehead atoms. The number of nitrogens with one attached hydrogen (secondary N) is 1. The number of hydrogen-bond acceptors (Lipinski definition) is 5. The van der Waals surface area contributed by atoms with Gasteiger partial charge in [-0.25, -0.2) is 0 Å². The topological polar surface area (TPSA) is 77.2 Å². The zero-order valence-electron chi connectivity index (χ0n) is 10.8. The molecule has 19 heavy (non-hydrogen) atoms. The van der Waals surface area contributed by atoms with Gasteiger partial charge in [0.25, 0.3) is 0 Å². The molecule has 0 radical (unpaired) electrons. The molecule has 0 aliphatic rings. The average Bonchev–Trinajstić information content (AvgIpc) is 2.82. The molecule has 0 unspecified atom stereocenters.